The predicted octanol–water partition coefficient (Wildman–Crippen LogP) is 3.98. The average molecular weight is 286 g/mol. The number of nitrogens with zero attached hydrogens (tertiary/aromatic N) is 1. The summed E-state index contributed by atoms with van der Waals surface area (Å²) in [6, 6.07) is 10.5. The zero-order chi connectivity index (χ0) is 13.8. The van der Waals surface area contributed by atoms with Crippen molar-refractivity contribution in [3.8, 4) is 0 Å². The van der Waals surface area contributed by atoms with Gasteiger partial charge in [0.1, 0.15) is 0 Å². The largest absolute Gasteiger partial charge is 0.302 e. The number of amides is 1. The van der Waals surface area contributed by atoms with Gasteiger partial charge in [-0.05, 0) is 18.4 Å². The third-order valence-corrected chi connectivity index (χ3v) is 4.81. The van der Waals surface area contributed by atoms with Crippen LogP contribution in [0.3, 0.4) is 0 Å². The van der Waals surface area contributed by atoms with Crippen LogP contribution in [0.15, 0.2) is 41.9 Å². The highest BCUT2D eigenvalue weighted by atomic mass is 32.1. The molecule has 3 rings (SSSR count). The van der Waals surface area contributed by atoms with E-state index in [1.165, 1.54) is 29.7 Å². The fraction of sp³-hybridized carbons (Fsp3) is 0.375. The molecule has 1 aromatic carbocycles. The molecule has 1 amide bonds. The van der Waals surface area contributed by atoms with Crippen LogP contribution in [-0.4, -0.2) is 10.9 Å². The molecule has 1 aliphatic carbocycles. The van der Waals surface area contributed by atoms with Crippen molar-refractivity contribution in [3.63, 3.8) is 0 Å². The van der Waals surface area contributed by atoms with Crippen molar-refractivity contribution >= 4 is 22.4 Å². The number of hydrogen-bond acceptors (Lipinski definition) is 3. The van der Waals surface area contributed by atoms with Crippen molar-refractivity contribution in [1.82, 2.24) is 4.98 Å². The summed E-state index contributed by atoms with van der Waals surface area (Å²) in [7, 11) is 0. The number of thiazole rings is 1. The van der Waals surface area contributed by atoms with Crippen LogP contribution >= 0.6 is 11.3 Å². The molecule has 0 unspecified atom stereocenters. The molecule has 0 aliphatic heterocycles. The van der Waals surface area contributed by atoms with E-state index in [2.05, 4.69) is 34.6 Å². The summed E-state index contributed by atoms with van der Waals surface area (Å²) < 4.78 is 0. The zero-order valence-corrected chi connectivity index (χ0v) is 12.2. The predicted molar refractivity (Wildman–Crippen MR) is 81.9 cm³/mol. The molecule has 0 spiro atoms. The van der Waals surface area contributed by atoms with Crippen molar-refractivity contribution in [2.24, 2.45) is 0 Å². The molecule has 0 bridgehead atoms. The lowest BCUT2D eigenvalue weighted by Gasteiger charge is -2.28. The van der Waals surface area contributed by atoms with E-state index >= 15 is 0 Å². The maximum Gasteiger partial charge on any atom is 0.227 e. The maximum absolute atomic E-state index is 12.3. The van der Waals surface area contributed by atoms with Crippen LogP contribution in [0.5, 0.6) is 0 Å². The molecule has 3 nitrogen and oxygen atoms in total. The van der Waals surface area contributed by atoms with Gasteiger partial charge < -0.3 is 5.32 Å². The number of rotatable bonds is 4. The van der Waals surface area contributed by atoms with Gasteiger partial charge in [-0.1, -0.05) is 43.2 Å². The second-order valence-electron chi connectivity index (χ2n) is 5.42. The third-order valence-electron chi connectivity index (χ3n) is 4.12. The van der Waals surface area contributed by atoms with Gasteiger partial charge >= 0.3 is 0 Å². The smallest absolute Gasteiger partial charge is 0.227 e. The van der Waals surface area contributed by atoms with Crippen LogP contribution in [0, 0.1) is 0 Å². The topological polar surface area (TPSA) is 42.0 Å². The van der Waals surface area contributed by atoms with Gasteiger partial charge in [-0.3, -0.25) is 4.79 Å². The monoisotopic (exact) mass is 286 g/mol. The molecule has 1 aliphatic rings. The summed E-state index contributed by atoms with van der Waals surface area (Å²) in [6.07, 6.45) is 6.88. The number of benzene rings is 1. The van der Waals surface area contributed by atoms with Crippen molar-refractivity contribution < 1.29 is 4.79 Å². The SMILES string of the molecule is O=C(CC1(c2ccccc2)CCCC1)Nc1nccs1. The van der Waals surface area contributed by atoms with Crippen LogP contribution < -0.4 is 5.32 Å². The van der Waals surface area contributed by atoms with Crippen molar-refractivity contribution in [2.75, 3.05) is 5.32 Å². The molecular weight excluding hydrogens is 268 g/mol. The minimum absolute atomic E-state index is 0.0165. The second kappa shape index (κ2) is 5.75. The molecule has 1 aromatic heterocycles. The Labute approximate surface area is 123 Å². The quantitative estimate of drug-likeness (QED) is 0.923. The van der Waals surface area contributed by atoms with Gasteiger partial charge in [0.2, 0.25) is 5.91 Å². The summed E-state index contributed by atoms with van der Waals surface area (Å²) in [5, 5.41) is 5.48. The molecule has 0 atom stereocenters. The Kier molecular flexibility index (Phi) is 3.83. The lowest BCUT2D eigenvalue weighted by Crippen LogP contribution is -2.29. The van der Waals surface area contributed by atoms with Crippen molar-refractivity contribution in [1.29, 1.82) is 0 Å². The molecule has 20 heavy (non-hydrogen) atoms. The fourth-order valence-electron chi connectivity index (χ4n) is 3.17. The van der Waals surface area contributed by atoms with Gasteiger partial charge in [0, 0.05) is 23.4 Å². The third kappa shape index (κ3) is 2.75. The molecule has 2 aromatic rings. The Morgan fingerprint density at radius 3 is 2.65 bits per heavy atom. The highest BCUT2D eigenvalue weighted by Gasteiger charge is 2.37. The standard InChI is InChI=1S/C16H18N2OS/c19-14(18-15-17-10-11-20-15)12-16(8-4-5-9-16)13-6-2-1-3-7-13/h1-3,6-7,10-11H,4-5,8-9,12H2,(H,17,18,19). The van der Waals surface area contributed by atoms with Crippen LogP contribution in [0.25, 0.3) is 0 Å². The second-order valence-corrected chi connectivity index (χ2v) is 6.31. The van der Waals surface area contributed by atoms with E-state index < -0.39 is 0 Å². The maximum atomic E-state index is 12.3. The minimum atomic E-state index is 0.0165. The summed E-state index contributed by atoms with van der Waals surface area (Å²) in [4.78, 5) is 16.4. The van der Waals surface area contributed by atoms with Crippen LogP contribution in [0.2, 0.25) is 0 Å². The molecule has 104 valence electrons. The van der Waals surface area contributed by atoms with E-state index in [0.717, 1.165) is 12.8 Å². The fourth-order valence-corrected chi connectivity index (χ4v) is 3.71. The van der Waals surface area contributed by atoms with E-state index in [0.29, 0.717) is 11.6 Å². The van der Waals surface area contributed by atoms with Crippen LogP contribution in [0.4, 0.5) is 5.13 Å². The normalized spacial score (nSPS) is 17.0. The van der Waals surface area contributed by atoms with Crippen LogP contribution in [-0.2, 0) is 10.2 Å². The Hall–Kier alpha value is -1.68. The number of aromatic nitrogens is 1. The Balaban J connectivity index is 1.76. The Morgan fingerprint density at radius 1 is 1.25 bits per heavy atom. The number of anilines is 1. The highest BCUT2D eigenvalue weighted by molar-refractivity contribution is 7.13. The molecule has 1 saturated carbocycles. The van der Waals surface area contributed by atoms with E-state index in [1.54, 1.807) is 6.20 Å². The molecule has 1 heterocycles. The van der Waals surface area contributed by atoms with Gasteiger partial charge in [0.15, 0.2) is 5.13 Å². The van der Waals surface area contributed by atoms with E-state index in [1.807, 2.05) is 11.4 Å². The molecular formula is C16H18N2OS. The lowest BCUT2D eigenvalue weighted by atomic mass is 9.76. The number of hydrogen-bond donors (Lipinski definition) is 1. The first-order valence-electron chi connectivity index (χ1n) is 7.03. The zero-order valence-electron chi connectivity index (χ0n) is 11.3. The first-order valence-corrected chi connectivity index (χ1v) is 7.91. The van der Waals surface area contributed by atoms with Gasteiger partial charge in [-0.15, -0.1) is 11.3 Å². The molecule has 1 fully saturated rings. The van der Waals surface area contributed by atoms with Gasteiger partial charge in [-0.25, -0.2) is 4.98 Å². The van der Waals surface area contributed by atoms with Crippen molar-refractivity contribution in [2.45, 2.75) is 37.5 Å². The van der Waals surface area contributed by atoms with Crippen LogP contribution in [0.1, 0.15) is 37.7 Å². The van der Waals surface area contributed by atoms with E-state index in [-0.39, 0.29) is 11.3 Å². The van der Waals surface area contributed by atoms with Gasteiger partial charge in [0.25, 0.3) is 0 Å². The number of nitrogens with one attached hydrogen (secondary N) is 1. The lowest BCUT2D eigenvalue weighted by molar-refractivity contribution is -0.117. The summed E-state index contributed by atoms with van der Waals surface area (Å²) in [6.45, 7) is 0. The number of carbonyl (C=O) groups is 1. The first kappa shape index (κ1) is 13.3. The summed E-state index contributed by atoms with van der Waals surface area (Å²) in [5.41, 5.74) is 1.31. The summed E-state index contributed by atoms with van der Waals surface area (Å²) >= 11 is 1.46. The first-order chi connectivity index (χ1) is 9.78. The van der Waals surface area contributed by atoms with E-state index in [9.17, 15) is 4.79 Å². The van der Waals surface area contributed by atoms with Crippen molar-refractivity contribution in [3.05, 3.63) is 47.5 Å². The Morgan fingerprint density at radius 2 is 2.00 bits per heavy atom. The average Bonchev–Trinajstić information content (AvgIpc) is 3.12. The molecule has 1 N–H and O–H groups in total. The highest BCUT2D eigenvalue weighted by Crippen LogP contribution is 2.43. The van der Waals surface area contributed by atoms with Gasteiger partial charge in [-0.2, -0.15) is 0 Å². The molecule has 4 heteroatoms. The summed E-state index contributed by atoms with van der Waals surface area (Å²) in [5.74, 6) is 0.0747. The molecule has 0 radical (unpaired) electrons. The number of carbonyl (C=O) groups excluding carboxylic acids is 1. The van der Waals surface area contributed by atoms with Gasteiger partial charge in [0.05, 0.1) is 0 Å². The minimum Gasteiger partial charge on any atom is -0.302 e. The Bertz CT molecular complexity index is 559. The van der Waals surface area contributed by atoms with E-state index in [4.69, 9.17) is 0 Å². The molecule has 0 saturated heterocycles.